The first-order chi connectivity index (χ1) is 14.4. The standard InChI is InChI=1S/C23H29N5O2.2ClH/c1-15(23(30)27-14-16-7-9-18(10-8-16)21(24)25)28-12-11-19(13-20(28)22(26)29)17-5-3-2-4-6-17;;/h2-10,15,19-20H,11-14H2,1H3,(H3,24,25)(H2,26,29)(H,27,30);2*1H/t15-,19?,20?;;/m0../s1. The van der Waals surface area contributed by atoms with Gasteiger partial charge in [0.05, 0.1) is 12.1 Å². The topological polar surface area (TPSA) is 125 Å². The number of nitrogens with one attached hydrogen (secondary N) is 2. The summed E-state index contributed by atoms with van der Waals surface area (Å²) in [5.41, 5.74) is 13.9. The molecule has 2 aromatic rings. The van der Waals surface area contributed by atoms with E-state index in [1.54, 1.807) is 12.1 Å². The number of hydrogen-bond donors (Lipinski definition) is 4. The molecule has 3 atom stereocenters. The number of rotatable bonds is 7. The third-order valence-corrected chi connectivity index (χ3v) is 5.85. The van der Waals surface area contributed by atoms with Gasteiger partial charge in [-0.15, -0.1) is 24.8 Å². The van der Waals surface area contributed by atoms with Crippen LogP contribution < -0.4 is 16.8 Å². The number of amidine groups is 1. The van der Waals surface area contributed by atoms with Gasteiger partial charge in [-0.2, -0.15) is 0 Å². The molecule has 3 rings (SSSR count). The highest BCUT2D eigenvalue weighted by Crippen LogP contribution is 2.32. The largest absolute Gasteiger partial charge is 0.384 e. The number of primary amides is 1. The lowest BCUT2D eigenvalue weighted by atomic mass is 9.84. The minimum Gasteiger partial charge on any atom is -0.384 e. The first kappa shape index (κ1) is 27.4. The Bertz CT molecular complexity index is 908. The summed E-state index contributed by atoms with van der Waals surface area (Å²) in [4.78, 5) is 26.8. The molecule has 32 heavy (non-hydrogen) atoms. The predicted molar refractivity (Wildman–Crippen MR) is 131 cm³/mol. The van der Waals surface area contributed by atoms with Crippen LogP contribution in [0, 0.1) is 5.41 Å². The van der Waals surface area contributed by atoms with Crippen molar-refractivity contribution in [3.8, 4) is 0 Å². The molecule has 2 amide bonds. The van der Waals surface area contributed by atoms with E-state index in [1.165, 1.54) is 5.56 Å². The van der Waals surface area contributed by atoms with Crippen molar-refractivity contribution < 1.29 is 9.59 Å². The predicted octanol–water partition coefficient (Wildman–Crippen LogP) is 2.55. The van der Waals surface area contributed by atoms with Crippen molar-refractivity contribution in [1.29, 1.82) is 5.41 Å². The third kappa shape index (κ3) is 6.69. The summed E-state index contributed by atoms with van der Waals surface area (Å²) in [6.07, 6.45) is 1.49. The first-order valence-electron chi connectivity index (χ1n) is 10.2. The van der Waals surface area contributed by atoms with Crippen LogP contribution in [0.1, 0.15) is 42.4 Å². The monoisotopic (exact) mass is 479 g/mol. The number of carbonyl (C=O) groups excluding carboxylic acids is 2. The van der Waals surface area contributed by atoms with Gasteiger partial charge in [0, 0.05) is 18.7 Å². The number of carbonyl (C=O) groups is 2. The van der Waals surface area contributed by atoms with Gasteiger partial charge in [0.25, 0.3) is 0 Å². The molecule has 0 bridgehead atoms. The summed E-state index contributed by atoms with van der Waals surface area (Å²) in [5.74, 6) is -0.268. The number of nitrogens with zero attached hydrogens (tertiary/aromatic N) is 1. The van der Waals surface area contributed by atoms with Crippen molar-refractivity contribution in [1.82, 2.24) is 10.2 Å². The fraction of sp³-hybridized carbons (Fsp3) is 0.348. The average Bonchev–Trinajstić information content (AvgIpc) is 2.77. The van der Waals surface area contributed by atoms with Gasteiger partial charge in [-0.1, -0.05) is 54.6 Å². The molecular weight excluding hydrogens is 449 g/mol. The maximum absolute atomic E-state index is 12.8. The van der Waals surface area contributed by atoms with Gasteiger partial charge in [0.2, 0.25) is 11.8 Å². The van der Waals surface area contributed by atoms with Crippen LogP contribution in [0.25, 0.3) is 0 Å². The van der Waals surface area contributed by atoms with Crippen molar-refractivity contribution in [2.75, 3.05) is 6.54 Å². The molecule has 6 N–H and O–H groups in total. The van der Waals surface area contributed by atoms with Crippen molar-refractivity contribution >= 4 is 42.5 Å². The number of nitrogens with two attached hydrogens (primary N) is 2. The van der Waals surface area contributed by atoms with Crippen LogP contribution in [0.5, 0.6) is 0 Å². The molecule has 1 heterocycles. The summed E-state index contributed by atoms with van der Waals surface area (Å²) < 4.78 is 0. The zero-order valence-electron chi connectivity index (χ0n) is 18.0. The molecule has 0 radical (unpaired) electrons. The smallest absolute Gasteiger partial charge is 0.237 e. The summed E-state index contributed by atoms with van der Waals surface area (Å²) in [7, 11) is 0. The highest BCUT2D eigenvalue weighted by molar-refractivity contribution is 5.94. The Morgan fingerprint density at radius 3 is 2.28 bits per heavy atom. The van der Waals surface area contributed by atoms with Crippen molar-refractivity contribution in [3.63, 3.8) is 0 Å². The van der Waals surface area contributed by atoms with Gasteiger partial charge in [-0.3, -0.25) is 19.9 Å². The second-order valence-electron chi connectivity index (χ2n) is 7.79. The lowest BCUT2D eigenvalue weighted by Crippen LogP contribution is -2.56. The number of nitrogen functional groups attached to an aromatic ring is 1. The zero-order chi connectivity index (χ0) is 21.7. The fourth-order valence-corrected chi connectivity index (χ4v) is 4.04. The Balaban J connectivity index is 0.00000256. The van der Waals surface area contributed by atoms with E-state index in [2.05, 4.69) is 17.4 Å². The van der Waals surface area contributed by atoms with Gasteiger partial charge in [0.1, 0.15) is 5.84 Å². The van der Waals surface area contributed by atoms with Crippen molar-refractivity contribution in [2.24, 2.45) is 11.5 Å². The third-order valence-electron chi connectivity index (χ3n) is 5.85. The lowest BCUT2D eigenvalue weighted by molar-refractivity contribution is -0.132. The highest BCUT2D eigenvalue weighted by atomic mass is 35.5. The van der Waals surface area contributed by atoms with Crippen LogP contribution in [-0.4, -0.2) is 41.2 Å². The first-order valence-corrected chi connectivity index (χ1v) is 10.2. The zero-order valence-corrected chi connectivity index (χ0v) is 19.6. The lowest BCUT2D eigenvalue weighted by Gasteiger charge is -2.40. The SMILES string of the molecule is C[C@@H](C(=O)NCc1ccc(C(=N)N)cc1)N1CCC(c2ccccc2)CC1C(N)=O.Cl.Cl. The fourth-order valence-electron chi connectivity index (χ4n) is 4.04. The number of amides is 2. The molecule has 7 nitrogen and oxygen atoms in total. The Morgan fingerprint density at radius 2 is 1.72 bits per heavy atom. The van der Waals surface area contributed by atoms with Crippen LogP contribution in [0.2, 0.25) is 0 Å². The number of benzene rings is 2. The molecule has 1 aliphatic rings. The highest BCUT2D eigenvalue weighted by Gasteiger charge is 2.37. The number of hydrogen-bond acceptors (Lipinski definition) is 4. The average molecular weight is 480 g/mol. The van der Waals surface area contributed by atoms with E-state index in [1.807, 2.05) is 42.2 Å². The van der Waals surface area contributed by atoms with Gasteiger partial charge >= 0.3 is 0 Å². The minimum atomic E-state index is -0.473. The quantitative estimate of drug-likeness (QED) is 0.359. The maximum atomic E-state index is 12.8. The summed E-state index contributed by atoms with van der Waals surface area (Å²) >= 11 is 0. The summed E-state index contributed by atoms with van der Waals surface area (Å²) in [6, 6.07) is 16.4. The van der Waals surface area contributed by atoms with Gasteiger partial charge in [0.15, 0.2) is 0 Å². The Labute approximate surface area is 201 Å². The van der Waals surface area contributed by atoms with Crippen LogP contribution in [0.4, 0.5) is 0 Å². The molecule has 0 aliphatic carbocycles. The molecule has 9 heteroatoms. The van der Waals surface area contributed by atoms with Crippen LogP contribution >= 0.6 is 24.8 Å². The number of halogens is 2. The Hall–Kier alpha value is -2.61. The van der Waals surface area contributed by atoms with Gasteiger partial charge in [-0.25, -0.2) is 0 Å². The molecule has 174 valence electrons. The number of piperidine rings is 1. The summed E-state index contributed by atoms with van der Waals surface area (Å²) in [6.45, 7) is 2.81. The van der Waals surface area contributed by atoms with Crippen LogP contribution in [-0.2, 0) is 16.1 Å². The normalized spacial score (nSPS) is 19.0. The molecular formula is C23H31Cl2N5O2. The van der Waals surface area contributed by atoms with E-state index in [0.29, 0.717) is 25.1 Å². The van der Waals surface area contributed by atoms with Gasteiger partial charge in [-0.05, 0) is 36.8 Å². The van der Waals surface area contributed by atoms with Crippen molar-refractivity contribution in [3.05, 3.63) is 71.3 Å². The molecule has 2 unspecified atom stereocenters. The molecule has 0 spiro atoms. The van der Waals surface area contributed by atoms with E-state index in [-0.39, 0.29) is 42.5 Å². The maximum Gasteiger partial charge on any atom is 0.237 e. The molecule has 0 aromatic heterocycles. The van der Waals surface area contributed by atoms with E-state index < -0.39 is 18.0 Å². The molecule has 0 saturated carbocycles. The van der Waals surface area contributed by atoms with Crippen LogP contribution in [0.3, 0.4) is 0 Å². The Morgan fingerprint density at radius 1 is 1.09 bits per heavy atom. The van der Waals surface area contributed by atoms with E-state index >= 15 is 0 Å². The second-order valence-corrected chi connectivity index (χ2v) is 7.79. The van der Waals surface area contributed by atoms with Crippen molar-refractivity contribution in [2.45, 2.75) is 44.3 Å². The van der Waals surface area contributed by atoms with Crippen LogP contribution in [0.15, 0.2) is 54.6 Å². The second kappa shape index (κ2) is 12.4. The number of likely N-dealkylation sites (tertiary alicyclic amines) is 1. The molecule has 1 saturated heterocycles. The van der Waals surface area contributed by atoms with E-state index in [9.17, 15) is 9.59 Å². The van der Waals surface area contributed by atoms with E-state index in [0.717, 1.165) is 12.0 Å². The summed E-state index contributed by atoms with van der Waals surface area (Å²) in [5, 5.41) is 10.4. The molecule has 2 aromatic carbocycles. The molecule has 1 aliphatic heterocycles. The van der Waals surface area contributed by atoms with Gasteiger partial charge < -0.3 is 16.8 Å². The minimum absolute atomic E-state index is 0. The van der Waals surface area contributed by atoms with E-state index in [4.69, 9.17) is 16.9 Å². The Kier molecular flexibility index (Phi) is 10.7. The molecule has 1 fully saturated rings.